The van der Waals surface area contributed by atoms with E-state index in [-0.39, 0.29) is 27.9 Å². The predicted molar refractivity (Wildman–Crippen MR) is 109 cm³/mol. The molecule has 1 amide bonds. The molecule has 7 heteroatoms. The highest BCUT2D eigenvalue weighted by Gasteiger charge is 2.31. The van der Waals surface area contributed by atoms with Gasteiger partial charge in [0.05, 0.1) is 11.1 Å². The van der Waals surface area contributed by atoms with Crippen molar-refractivity contribution >= 4 is 27.5 Å². The van der Waals surface area contributed by atoms with Gasteiger partial charge in [0.1, 0.15) is 4.90 Å². The quantitative estimate of drug-likeness (QED) is 0.799. The second kappa shape index (κ2) is 7.50. The van der Waals surface area contributed by atoms with E-state index >= 15 is 0 Å². The first-order valence-electron chi connectivity index (χ1n) is 9.53. The maximum absolute atomic E-state index is 13.1. The number of benzene rings is 2. The summed E-state index contributed by atoms with van der Waals surface area (Å²) in [6.07, 6.45) is 4.59. The van der Waals surface area contributed by atoms with Crippen LogP contribution in [0.2, 0.25) is 5.02 Å². The van der Waals surface area contributed by atoms with Gasteiger partial charge < -0.3 is 4.90 Å². The summed E-state index contributed by atoms with van der Waals surface area (Å²) in [5.41, 5.74) is 2.76. The molecule has 1 saturated carbocycles. The van der Waals surface area contributed by atoms with Gasteiger partial charge in [-0.05, 0) is 61.4 Å². The number of hydrogen-bond donors (Lipinski definition) is 1. The zero-order chi connectivity index (χ0) is 19.9. The topological polar surface area (TPSA) is 66.5 Å². The minimum absolute atomic E-state index is 0.0159. The minimum Gasteiger partial charge on any atom is -0.335 e. The van der Waals surface area contributed by atoms with Crippen molar-refractivity contribution in [3.8, 4) is 0 Å². The number of rotatable bonds is 5. The molecule has 0 aromatic heterocycles. The van der Waals surface area contributed by atoms with Crippen molar-refractivity contribution in [2.45, 2.75) is 49.1 Å². The molecule has 1 fully saturated rings. The first-order chi connectivity index (χ1) is 13.4. The average Bonchev–Trinajstić information content (AvgIpc) is 3.50. The Balaban J connectivity index is 1.63. The molecular weight excluding hydrogens is 396 g/mol. The molecule has 1 atom stereocenters. The predicted octanol–water partition coefficient (Wildman–Crippen LogP) is 3.93. The van der Waals surface area contributed by atoms with Gasteiger partial charge in [0.15, 0.2) is 0 Å². The van der Waals surface area contributed by atoms with Crippen LogP contribution in [0.25, 0.3) is 0 Å². The van der Waals surface area contributed by atoms with Crippen LogP contribution in [0.4, 0.5) is 0 Å². The summed E-state index contributed by atoms with van der Waals surface area (Å²) >= 11 is 6.14. The number of sulfonamides is 1. The van der Waals surface area contributed by atoms with Crippen LogP contribution in [0.3, 0.4) is 0 Å². The number of amides is 1. The first-order valence-corrected chi connectivity index (χ1v) is 11.4. The smallest absolute Gasteiger partial charge is 0.254 e. The van der Waals surface area contributed by atoms with Crippen LogP contribution in [0, 0.1) is 0 Å². The zero-order valence-electron chi connectivity index (χ0n) is 15.7. The van der Waals surface area contributed by atoms with E-state index in [9.17, 15) is 13.2 Å². The van der Waals surface area contributed by atoms with Crippen molar-refractivity contribution in [2.24, 2.45) is 0 Å². The zero-order valence-corrected chi connectivity index (χ0v) is 17.3. The van der Waals surface area contributed by atoms with Gasteiger partial charge in [0, 0.05) is 18.7 Å². The number of halogens is 1. The van der Waals surface area contributed by atoms with Crippen LogP contribution < -0.4 is 4.72 Å². The Hall–Kier alpha value is -1.89. The second-order valence-corrected chi connectivity index (χ2v) is 9.65. The van der Waals surface area contributed by atoms with Crippen LogP contribution in [-0.4, -0.2) is 32.3 Å². The highest BCUT2D eigenvalue weighted by molar-refractivity contribution is 7.89. The standard InChI is InChI=1S/C21H23ClN2O3S/c1-24(19-8-4-6-14-5-2-3-7-17(14)19)21(25)15-9-12-18(22)20(13-15)28(26,27)23-16-10-11-16/h2-3,5,7,9,12-13,16,19,23H,4,6,8,10-11H2,1H3/t19-/m0/s1. The van der Waals surface area contributed by atoms with Crippen molar-refractivity contribution in [3.63, 3.8) is 0 Å². The molecule has 148 valence electrons. The number of nitrogens with zero attached hydrogens (tertiary/aromatic N) is 1. The first kappa shape index (κ1) is 19.4. The lowest BCUT2D eigenvalue weighted by atomic mass is 9.87. The minimum atomic E-state index is -3.74. The molecule has 5 nitrogen and oxygen atoms in total. The molecular formula is C21H23ClN2O3S. The molecule has 2 aliphatic rings. The van der Waals surface area contributed by atoms with Gasteiger partial charge in [-0.2, -0.15) is 0 Å². The van der Waals surface area contributed by atoms with Gasteiger partial charge in [0.25, 0.3) is 5.91 Å². The van der Waals surface area contributed by atoms with Crippen LogP contribution in [0.15, 0.2) is 47.4 Å². The Labute approximate surface area is 170 Å². The molecule has 2 aromatic rings. The molecule has 28 heavy (non-hydrogen) atoms. The fraction of sp³-hybridized carbons (Fsp3) is 0.381. The number of hydrogen-bond acceptors (Lipinski definition) is 3. The van der Waals surface area contributed by atoms with E-state index in [4.69, 9.17) is 11.6 Å². The maximum atomic E-state index is 13.1. The molecule has 1 N–H and O–H groups in total. The average molecular weight is 419 g/mol. The number of carbonyl (C=O) groups excluding carboxylic acids is 1. The second-order valence-electron chi connectivity index (χ2n) is 7.56. The Morgan fingerprint density at radius 2 is 1.89 bits per heavy atom. The van der Waals surface area contributed by atoms with Crippen molar-refractivity contribution in [1.82, 2.24) is 9.62 Å². The lowest BCUT2D eigenvalue weighted by Gasteiger charge is -2.33. The van der Waals surface area contributed by atoms with E-state index in [1.54, 1.807) is 18.0 Å². The van der Waals surface area contributed by atoms with Gasteiger partial charge in [-0.1, -0.05) is 35.9 Å². The molecule has 0 aliphatic heterocycles. The molecule has 2 aliphatic carbocycles. The summed E-state index contributed by atoms with van der Waals surface area (Å²) in [6.45, 7) is 0. The van der Waals surface area contributed by atoms with Crippen LogP contribution in [0.5, 0.6) is 0 Å². The Kier molecular flexibility index (Phi) is 5.21. The highest BCUT2D eigenvalue weighted by Crippen LogP contribution is 2.34. The third-order valence-corrected chi connectivity index (χ3v) is 7.49. The van der Waals surface area contributed by atoms with Gasteiger partial charge in [-0.25, -0.2) is 13.1 Å². The van der Waals surface area contributed by atoms with Gasteiger partial charge in [0.2, 0.25) is 10.0 Å². The van der Waals surface area contributed by atoms with Crippen molar-refractivity contribution < 1.29 is 13.2 Å². The summed E-state index contributed by atoms with van der Waals surface area (Å²) in [4.78, 5) is 14.8. The molecule has 2 aromatic carbocycles. The highest BCUT2D eigenvalue weighted by atomic mass is 35.5. The van der Waals surface area contributed by atoms with E-state index in [2.05, 4.69) is 16.9 Å². The molecule has 0 unspecified atom stereocenters. The normalized spacial score (nSPS) is 19.1. The summed E-state index contributed by atoms with van der Waals surface area (Å²) in [5, 5.41) is 0.121. The molecule has 0 heterocycles. The Bertz CT molecular complexity index is 1020. The monoisotopic (exact) mass is 418 g/mol. The number of nitrogens with one attached hydrogen (secondary N) is 1. The largest absolute Gasteiger partial charge is 0.335 e. The lowest BCUT2D eigenvalue weighted by molar-refractivity contribution is 0.0715. The number of carbonyl (C=O) groups is 1. The molecule has 0 bridgehead atoms. The van der Waals surface area contributed by atoms with E-state index in [1.165, 1.54) is 23.3 Å². The van der Waals surface area contributed by atoms with Gasteiger partial charge >= 0.3 is 0 Å². The van der Waals surface area contributed by atoms with E-state index in [1.807, 2.05) is 12.1 Å². The van der Waals surface area contributed by atoms with Crippen LogP contribution in [0.1, 0.15) is 53.2 Å². The summed E-state index contributed by atoms with van der Waals surface area (Å²) in [6, 6.07) is 12.6. The Morgan fingerprint density at radius 1 is 1.14 bits per heavy atom. The van der Waals surface area contributed by atoms with Crippen molar-refractivity contribution in [3.05, 3.63) is 64.2 Å². The third kappa shape index (κ3) is 3.81. The van der Waals surface area contributed by atoms with Gasteiger partial charge in [-0.3, -0.25) is 4.79 Å². The summed E-state index contributed by atoms with van der Waals surface area (Å²) in [5.74, 6) is -0.207. The van der Waals surface area contributed by atoms with E-state index in [0.717, 1.165) is 32.1 Å². The Morgan fingerprint density at radius 3 is 2.64 bits per heavy atom. The molecule has 0 saturated heterocycles. The maximum Gasteiger partial charge on any atom is 0.254 e. The van der Waals surface area contributed by atoms with E-state index < -0.39 is 10.0 Å². The molecule has 0 spiro atoms. The van der Waals surface area contributed by atoms with Crippen LogP contribution in [-0.2, 0) is 16.4 Å². The number of fused-ring (bicyclic) bond motifs is 1. The van der Waals surface area contributed by atoms with E-state index in [0.29, 0.717) is 5.56 Å². The van der Waals surface area contributed by atoms with Gasteiger partial charge in [-0.15, -0.1) is 0 Å². The fourth-order valence-electron chi connectivity index (χ4n) is 3.80. The SMILES string of the molecule is CN(C(=O)c1ccc(Cl)c(S(=O)(=O)NC2CC2)c1)[C@H]1CCCc2ccccc21. The summed E-state index contributed by atoms with van der Waals surface area (Å²) in [7, 11) is -1.96. The lowest BCUT2D eigenvalue weighted by Crippen LogP contribution is -2.33. The number of aryl methyl sites for hydroxylation is 1. The fourth-order valence-corrected chi connectivity index (χ4v) is 5.63. The third-order valence-electron chi connectivity index (χ3n) is 5.49. The summed E-state index contributed by atoms with van der Waals surface area (Å²) < 4.78 is 27.8. The van der Waals surface area contributed by atoms with Crippen LogP contribution >= 0.6 is 11.6 Å². The van der Waals surface area contributed by atoms with Crippen molar-refractivity contribution in [1.29, 1.82) is 0 Å². The molecule has 0 radical (unpaired) electrons. The molecule has 4 rings (SSSR count). The van der Waals surface area contributed by atoms with Crippen molar-refractivity contribution in [2.75, 3.05) is 7.05 Å².